The number of aromatic nitrogens is 5. The molecule has 148 valence electrons. The molecular formula is C23H20N6S. The number of pyridine rings is 1. The molecule has 4 aromatic heterocycles. The van der Waals surface area contributed by atoms with Gasteiger partial charge >= 0.3 is 0 Å². The number of anilines is 1. The lowest BCUT2D eigenvalue weighted by atomic mass is 10.1. The van der Waals surface area contributed by atoms with Crippen molar-refractivity contribution in [3.8, 4) is 11.4 Å². The number of rotatable bonds is 6. The van der Waals surface area contributed by atoms with Gasteiger partial charge in [-0.2, -0.15) is 15.9 Å². The van der Waals surface area contributed by atoms with Gasteiger partial charge in [0.25, 0.3) is 0 Å². The molecule has 0 spiro atoms. The van der Waals surface area contributed by atoms with Crippen LogP contribution in [0.15, 0.2) is 77.6 Å². The van der Waals surface area contributed by atoms with E-state index in [1.807, 2.05) is 52.5 Å². The third-order valence-electron chi connectivity index (χ3n) is 5.05. The highest BCUT2D eigenvalue weighted by atomic mass is 32.1. The Bertz CT molecular complexity index is 1260. The van der Waals surface area contributed by atoms with E-state index < -0.39 is 0 Å². The molecule has 0 N–H and O–H groups in total. The molecule has 1 aromatic carbocycles. The normalized spacial score (nSPS) is 11.1. The fraction of sp³-hybridized carbons (Fsp3) is 0.130. The second-order valence-electron chi connectivity index (χ2n) is 7.10. The second-order valence-corrected chi connectivity index (χ2v) is 7.88. The Morgan fingerprint density at radius 1 is 0.933 bits per heavy atom. The maximum absolute atomic E-state index is 4.91. The van der Waals surface area contributed by atoms with Crippen LogP contribution in [0.25, 0.3) is 17.0 Å². The molecule has 0 amide bonds. The van der Waals surface area contributed by atoms with Gasteiger partial charge in [0.15, 0.2) is 11.5 Å². The van der Waals surface area contributed by atoms with Crippen LogP contribution in [0.5, 0.6) is 0 Å². The van der Waals surface area contributed by atoms with Gasteiger partial charge in [-0.1, -0.05) is 30.3 Å². The largest absolute Gasteiger partial charge is 0.345 e. The monoisotopic (exact) mass is 412 g/mol. The van der Waals surface area contributed by atoms with Crippen LogP contribution in [0.3, 0.4) is 0 Å². The lowest BCUT2D eigenvalue weighted by molar-refractivity contribution is 0.744. The molecule has 5 rings (SSSR count). The Hall–Kier alpha value is -3.58. The first kappa shape index (κ1) is 18.4. The molecule has 30 heavy (non-hydrogen) atoms. The van der Waals surface area contributed by atoms with Crippen molar-refractivity contribution in [3.63, 3.8) is 0 Å². The van der Waals surface area contributed by atoms with Crippen molar-refractivity contribution in [1.82, 2.24) is 24.8 Å². The van der Waals surface area contributed by atoms with Crippen molar-refractivity contribution >= 4 is 22.8 Å². The van der Waals surface area contributed by atoms with Crippen LogP contribution in [-0.4, -0.2) is 24.8 Å². The molecule has 0 unspecified atom stereocenters. The van der Waals surface area contributed by atoms with Gasteiger partial charge in [0.05, 0.1) is 12.2 Å². The summed E-state index contributed by atoms with van der Waals surface area (Å²) in [6, 6.07) is 20.4. The zero-order valence-corrected chi connectivity index (χ0v) is 17.3. The predicted molar refractivity (Wildman–Crippen MR) is 119 cm³/mol. The van der Waals surface area contributed by atoms with E-state index in [4.69, 9.17) is 5.10 Å². The van der Waals surface area contributed by atoms with Gasteiger partial charge in [0.1, 0.15) is 5.82 Å². The summed E-state index contributed by atoms with van der Waals surface area (Å²) in [7, 11) is 0. The minimum absolute atomic E-state index is 0.656. The summed E-state index contributed by atoms with van der Waals surface area (Å²) in [4.78, 5) is 6.76. The van der Waals surface area contributed by atoms with Crippen molar-refractivity contribution < 1.29 is 0 Å². The molecule has 0 saturated heterocycles. The maximum Gasteiger partial charge on any atom is 0.186 e. The summed E-state index contributed by atoms with van der Waals surface area (Å²) >= 11 is 1.63. The van der Waals surface area contributed by atoms with E-state index in [0.29, 0.717) is 6.54 Å². The van der Waals surface area contributed by atoms with E-state index >= 15 is 0 Å². The fourth-order valence-electron chi connectivity index (χ4n) is 3.42. The molecule has 6 nitrogen and oxygen atoms in total. The van der Waals surface area contributed by atoms with E-state index in [0.717, 1.165) is 35.1 Å². The summed E-state index contributed by atoms with van der Waals surface area (Å²) in [6.45, 7) is 3.53. The van der Waals surface area contributed by atoms with Gasteiger partial charge in [-0.05, 0) is 53.8 Å². The van der Waals surface area contributed by atoms with Crippen molar-refractivity contribution in [2.24, 2.45) is 0 Å². The number of hydrogen-bond acceptors (Lipinski definition) is 6. The highest BCUT2D eigenvalue weighted by Gasteiger charge is 2.16. The summed E-state index contributed by atoms with van der Waals surface area (Å²) in [5.41, 5.74) is 5.26. The van der Waals surface area contributed by atoms with Crippen molar-refractivity contribution in [3.05, 3.63) is 94.4 Å². The third-order valence-corrected chi connectivity index (χ3v) is 5.74. The zero-order chi connectivity index (χ0) is 20.3. The predicted octanol–water partition coefficient (Wildman–Crippen LogP) is 4.76. The van der Waals surface area contributed by atoms with Gasteiger partial charge in [0.2, 0.25) is 0 Å². The highest BCUT2D eigenvalue weighted by Crippen LogP contribution is 2.23. The molecule has 0 aliphatic carbocycles. The van der Waals surface area contributed by atoms with Gasteiger partial charge in [0, 0.05) is 23.7 Å². The number of hydrogen-bond donors (Lipinski definition) is 0. The minimum atomic E-state index is 0.656. The zero-order valence-electron chi connectivity index (χ0n) is 16.5. The third kappa shape index (κ3) is 3.67. The molecule has 0 atom stereocenters. The van der Waals surface area contributed by atoms with E-state index in [2.05, 4.69) is 56.7 Å². The maximum atomic E-state index is 4.91. The molecule has 0 fully saturated rings. The van der Waals surface area contributed by atoms with Gasteiger partial charge in [-0.15, -0.1) is 15.3 Å². The van der Waals surface area contributed by atoms with Crippen LogP contribution in [0.1, 0.15) is 16.8 Å². The van der Waals surface area contributed by atoms with E-state index in [1.54, 1.807) is 11.3 Å². The first-order valence-corrected chi connectivity index (χ1v) is 10.7. The number of fused-ring (bicyclic) bond motifs is 1. The van der Waals surface area contributed by atoms with Crippen LogP contribution in [0.2, 0.25) is 0 Å². The molecule has 0 saturated carbocycles. The Morgan fingerprint density at radius 3 is 2.63 bits per heavy atom. The molecule has 0 bridgehead atoms. The summed E-state index contributed by atoms with van der Waals surface area (Å²) < 4.78 is 1.82. The molecule has 7 heteroatoms. The van der Waals surface area contributed by atoms with E-state index in [9.17, 15) is 0 Å². The highest BCUT2D eigenvalue weighted by molar-refractivity contribution is 7.08. The summed E-state index contributed by atoms with van der Waals surface area (Å²) in [5.74, 6) is 1.61. The van der Waals surface area contributed by atoms with Crippen LogP contribution in [0, 0.1) is 6.92 Å². The molecule has 0 radical (unpaired) electrons. The lowest BCUT2D eigenvalue weighted by Gasteiger charge is -2.24. The smallest absolute Gasteiger partial charge is 0.186 e. The topological polar surface area (TPSA) is 59.2 Å². The average Bonchev–Trinajstić information content (AvgIpc) is 3.44. The Balaban J connectivity index is 1.56. The molecular weight excluding hydrogens is 392 g/mol. The molecule has 5 aromatic rings. The Morgan fingerprint density at radius 2 is 1.83 bits per heavy atom. The SMILES string of the molecule is Cc1ccccc1CN(Cc1ccccn1)c1ccc2nnc(-c3ccsc3)n2n1. The van der Waals surface area contributed by atoms with Crippen LogP contribution in [-0.2, 0) is 13.1 Å². The summed E-state index contributed by atoms with van der Waals surface area (Å²) in [6.07, 6.45) is 1.83. The van der Waals surface area contributed by atoms with Crippen LogP contribution >= 0.6 is 11.3 Å². The van der Waals surface area contributed by atoms with Crippen molar-refractivity contribution in [1.29, 1.82) is 0 Å². The van der Waals surface area contributed by atoms with Crippen molar-refractivity contribution in [2.45, 2.75) is 20.0 Å². The Labute approximate surface area is 178 Å². The van der Waals surface area contributed by atoms with E-state index in [-0.39, 0.29) is 0 Å². The van der Waals surface area contributed by atoms with E-state index in [1.165, 1.54) is 11.1 Å². The fourth-order valence-corrected chi connectivity index (χ4v) is 4.05. The van der Waals surface area contributed by atoms with Crippen LogP contribution < -0.4 is 4.90 Å². The second kappa shape index (κ2) is 8.04. The Kier molecular flexibility index (Phi) is 4.94. The number of aryl methyl sites for hydroxylation is 1. The quantitative estimate of drug-likeness (QED) is 0.402. The first-order chi connectivity index (χ1) is 14.8. The van der Waals surface area contributed by atoms with Crippen LogP contribution in [0.4, 0.5) is 5.82 Å². The molecule has 0 aliphatic heterocycles. The van der Waals surface area contributed by atoms with Gasteiger partial charge in [-0.3, -0.25) is 4.98 Å². The first-order valence-electron chi connectivity index (χ1n) is 9.72. The minimum Gasteiger partial charge on any atom is -0.345 e. The summed E-state index contributed by atoms with van der Waals surface area (Å²) in [5, 5.41) is 17.6. The number of nitrogens with zero attached hydrogens (tertiary/aromatic N) is 6. The standard InChI is InChI=1S/C23H20N6S/c1-17-6-2-3-7-18(17)14-28(15-20-8-4-5-12-24-20)22-10-9-21-25-26-23(29(21)27-22)19-11-13-30-16-19/h2-13,16H,14-15H2,1H3. The van der Waals surface area contributed by atoms with Gasteiger partial charge in [-0.25, -0.2) is 0 Å². The number of thiophene rings is 1. The molecule has 4 heterocycles. The average molecular weight is 413 g/mol. The van der Waals surface area contributed by atoms with Crippen molar-refractivity contribution in [2.75, 3.05) is 4.90 Å². The molecule has 0 aliphatic rings. The van der Waals surface area contributed by atoms with Gasteiger partial charge < -0.3 is 4.90 Å². The lowest BCUT2D eigenvalue weighted by Crippen LogP contribution is -2.24. The number of benzene rings is 1.